The number of ether oxygens (including phenoxy) is 3. The van der Waals surface area contributed by atoms with E-state index in [1.54, 1.807) is 11.3 Å². The van der Waals surface area contributed by atoms with Crippen molar-refractivity contribution in [2.24, 2.45) is 7.05 Å². The second kappa shape index (κ2) is 5.52. The van der Waals surface area contributed by atoms with Crippen LogP contribution in [0.15, 0.2) is 24.4 Å². The molecule has 6 heteroatoms. The van der Waals surface area contributed by atoms with Gasteiger partial charge in [-0.25, -0.2) is 0 Å². The molecule has 0 N–H and O–H groups in total. The average molecular weight is 354 g/mol. The molecule has 0 bridgehead atoms. The average Bonchev–Trinajstić information content (AvgIpc) is 3.23. The number of aromatic nitrogens is 2. The van der Waals surface area contributed by atoms with Crippen molar-refractivity contribution >= 4 is 11.3 Å². The fourth-order valence-electron chi connectivity index (χ4n) is 3.60. The van der Waals surface area contributed by atoms with Crippen molar-refractivity contribution in [3.05, 3.63) is 40.4 Å². The SMILES string of the molecule is Cc1sc(Oc2ccc3c(c2)OCO3)c2c1CCCc1cn(C)nc1-2. The van der Waals surface area contributed by atoms with Gasteiger partial charge in [0.15, 0.2) is 16.6 Å². The summed E-state index contributed by atoms with van der Waals surface area (Å²) in [6.45, 7) is 2.44. The van der Waals surface area contributed by atoms with Crippen LogP contribution in [0.4, 0.5) is 0 Å². The fourth-order valence-corrected chi connectivity index (χ4v) is 4.66. The van der Waals surface area contributed by atoms with E-state index in [1.165, 1.54) is 16.0 Å². The van der Waals surface area contributed by atoms with Crippen LogP contribution in [0.2, 0.25) is 0 Å². The van der Waals surface area contributed by atoms with Crippen LogP contribution >= 0.6 is 11.3 Å². The lowest BCUT2D eigenvalue weighted by molar-refractivity contribution is 0.174. The quantitative estimate of drug-likeness (QED) is 0.681. The second-order valence-electron chi connectivity index (χ2n) is 6.45. The summed E-state index contributed by atoms with van der Waals surface area (Å²) < 4.78 is 19.0. The van der Waals surface area contributed by atoms with Crippen molar-refractivity contribution in [2.45, 2.75) is 26.2 Å². The summed E-state index contributed by atoms with van der Waals surface area (Å²) >= 11 is 1.70. The summed E-state index contributed by atoms with van der Waals surface area (Å²) in [7, 11) is 1.98. The fraction of sp³-hybridized carbons (Fsp3) is 0.316. The predicted octanol–water partition coefficient (Wildman–Crippen LogP) is 4.47. The van der Waals surface area contributed by atoms with E-state index in [-0.39, 0.29) is 6.79 Å². The Kier molecular flexibility index (Phi) is 3.28. The highest BCUT2D eigenvalue weighted by atomic mass is 32.1. The summed E-state index contributed by atoms with van der Waals surface area (Å²) in [5, 5.41) is 5.64. The van der Waals surface area contributed by atoms with Gasteiger partial charge in [-0.15, -0.1) is 11.3 Å². The van der Waals surface area contributed by atoms with E-state index in [0.717, 1.165) is 52.8 Å². The topological polar surface area (TPSA) is 45.5 Å². The van der Waals surface area contributed by atoms with Crippen molar-refractivity contribution in [1.82, 2.24) is 9.78 Å². The minimum Gasteiger partial charge on any atom is -0.454 e. The summed E-state index contributed by atoms with van der Waals surface area (Å²) in [6.07, 6.45) is 5.40. The normalized spacial score (nSPS) is 14.8. The first-order valence-corrected chi connectivity index (χ1v) is 9.23. The summed E-state index contributed by atoms with van der Waals surface area (Å²) in [4.78, 5) is 1.31. The Morgan fingerprint density at radius 1 is 1.20 bits per heavy atom. The Morgan fingerprint density at radius 3 is 3.00 bits per heavy atom. The molecule has 2 aliphatic rings. The molecule has 25 heavy (non-hydrogen) atoms. The van der Waals surface area contributed by atoms with Crippen LogP contribution in [-0.4, -0.2) is 16.6 Å². The molecule has 3 heterocycles. The zero-order valence-electron chi connectivity index (χ0n) is 14.2. The molecule has 1 aliphatic carbocycles. The van der Waals surface area contributed by atoms with E-state index in [2.05, 4.69) is 13.1 Å². The van der Waals surface area contributed by atoms with Crippen LogP contribution in [0.1, 0.15) is 22.4 Å². The molecule has 1 aliphatic heterocycles. The van der Waals surface area contributed by atoms with Crippen LogP contribution in [-0.2, 0) is 19.9 Å². The Hall–Kier alpha value is -2.47. The van der Waals surface area contributed by atoms with E-state index in [1.807, 2.05) is 29.9 Å². The zero-order chi connectivity index (χ0) is 17.0. The first kappa shape index (κ1) is 14.8. The highest BCUT2D eigenvalue weighted by Gasteiger charge is 2.26. The second-order valence-corrected chi connectivity index (χ2v) is 7.63. The summed E-state index contributed by atoms with van der Waals surface area (Å²) in [5.41, 5.74) is 4.90. The van der Waals surface area contributed by atoms with Crippen molar-refractivity contribution in [3.63, 3.8) is 0 Å². The van der Waals surface area contributed by atoms with Crippen LogP contribution in [0, 0.1) is 6.92 Å². The Balaban J connectivity index is 1.60. The van der Waals surface area contributed by atoms with E-state index in [9.17, 15) is 0 Å². The van der Waals surface area contributed by atoms with Gasteiger partial charge in [0.1, 0.15) is 11.4 Å². The molecule has 5 rings (SSSR count). The van der Waals surface area contributed by atoms with Gasteiger partial charge in [-0.1, -0.05) is 0 Å². The van der Waals surface area contributed by atoms with Crippen LogP contribution < -0.4 is 14.2 Å². The number of aryl methyl sites for hydroxylation is 3. The highest BCUT2D eigenvalue weighted by molar-refractivity contribution is 7.14. The van der Waals surface area contributed by atoms with Crippen molar-refractivity contribution in [3.8, 4) is 33.6 Å². The molecule has 1 aromatic carbocycles. The molecule has 0 saturated heterocycles. The first-order chi connectivity index (χ1) is 12.2. The predicted molar refractivity (Wildman–Crippen MR) is 95.9 cm³/mol. The smallest absolute Gasteiger partial charge is 0.231 e. The van der Waals surface area contributed by atoms with Gasteiger partial charge in [0, 0.05) is 24.2 Å². The van der Waals surface area contributed by atoms with E-state index in [0.29, 0.717) is 0 Å². The third kappa shape index (κ3) is 2.40. The molecular formula is C19H18N2O3S. The lowest BCUT2D eigenvalue weighted by atomic mass is 10.1. The lowest BCUT2D eigenvalue weighted by Gasteiger charge is -2.07. The molecule has 0 amide bonds. The van der Waals surface area contributed by atoms with Crippen LogP contribution in [0.5, 0.6) is 22.3 Å². The van der Waals surface area contributed by atoms with Gasteiger partial charge < -0.3 is 14.2 Å². The van der Waals surface area contributed by atoms with Crippen LogP contribution in [0.25, 0.3) is 11.3 Å². The summed E-state index contributed by atoms with van der Waals surface area (Å²) in [5.74, 6) is 2.26. The summed E-state index contributed by atoms with van der Waals surface area (Å²) in [6, 6.07) is 5.70. The number of fused-ring (bicyclic) bond motifs is 4. The third-order valence-electron chi connectivity index (χ3n) is 4.75. The molecular weight excluding hydrogens is 336 g/mol. The van der Waals surface area contributed by atoms with Gasteiger partial charge in [-0.05, 0) is 49.4 Å². The first-order valence-electron chi connectivity index (χ1n) is 8.41. The number of hydrogen-bond acceptors (Lipinski definition) is 5. The molecule has 3 aromatic rings. The monoisotopic (exact) mass is 354 g/mol. The van der Waals surface area contributed by atoms with Crippen molar-refractivity contribution < 1.29 is 14.2 Å². The Bertz CT molecular complexity index is 973. The lowest BCUT2D eigenvalue weighted by Crippen LogP contribution is -1.93. The minimum absolute atomic E-state index is 0.267. The molecule has 0 spiro atoms. The largest absolute Gasteiger partial charge is 0.454 e. The van der Waals surface area contributed by atoms with Gasteiger partial charge in [0.05, 0.1) is 5.56 Å². The van der Waals surface area contributed by atoms with Gasteiger partial charge in [0.2, 0.25) is 6.79 Å². The van der Waals surface area contributed by atoms with Crippen LogP contribution in [0.3, 0.4) is 0 Å². The molecule has 0 saturated carbocycles. The molecule has 0 unspecified atom stereocenters. The maximum Gasteiger partial charge on any atom is 0.231 e. The van der Waals surface area contributed by atoms with Gasteiger partial charge >= 0.3 is 0 Å². The van der Waals surface area contributed by atoms with Gasteiger partial charge in [-0.3, -0.25) is 4.68 Å². The third-order valence-corrected chi connectivity index (χ3v) is 5.77. The van der Waals surface area contributed by atoms with Gasteiger partial charge in [0.25, 0.3) is 0 Å². The zero-order valence-corrected chi connectivity index (χ0v) is 15.0. The molecule has 5 nitrogen and oxygen atoms in total. The molecule has 0 fully saturated rings. The van der Waals surface area contributed by atoms with E-state index in [4.69, 9.17) is 19.3 Å². The van der Waals surface area contributed by atoms with E-state index >= 15 is 0 Å². The molecule has 128 valence electrons. The highest BCUT2D eigenvalue weighted by Crippen LogP contribution is 2.47. The van der Waals surface area contributed by atoms with Crippen molar-refractivity contribution in [1.29, 1.82) is 0 Å². The van der Waals surface area contributed by atoms with Crippen molar-refractivity contribution in [2.75, 3.05) is 6.79 Å². The van der Waals surface area contributed by atoms with E-state index < -0.39 is 0 Å². The molecule has 0 radical (unpaired) electrons. The number of nitrogens with zero attached hydrogens (tertiary/aromatic N) is 2. The number of thiophene rings is 1. The Morgan fingerprint density at radius 2 is 2.08 bits per heavy atom. The molecule has 0 atom stereocenters. The number of rotatable bonds is 2. The molecule has 2 aromatic heterocycles. The standard InChI is InChI=1S/C19H18N2O3S/c1-11-14-5-3-4-12-9-21(2)20-18(12)17(14)19(25-11)24-13-6-7-15-16(8-13)23-10-22-15/h6-9H,3-5,10H2,1-2H3. The number of benzene rings is 1. The number of hydrogen-bond donors (Lipinski definition) is 0. The minimum atomic E-state index is 0.267. The Labute approximate surface area is 149 Å². The maximum absolute atomic E-state index is 6.28. The maximum atomic E-state index is 6.28. The van der Waals surface area contributed by atoms with Gasteiger partial charge in [-0.2, -0.15) is 5.10 Å².